The Hall–Kier alpha value is -3.25. The smallest absolute Gasteiger partial charge is 0.271 e. The molecule has 0 spiro atoms. The number of quaternary nitrogens is 1. The Kier molecular flexibility index (Phi) is 4.25. The number of rotatable bonds is 4. The number of hydrogen-bond donors (Lipinski definition) is 1. The molecular weight excluding hydrogens is 352 g/mol. The summed E-state index contributed by atoms with van der Waals surface area (Å²) in [7, 11) is 0. The summed E-state index contributed by atoms with van der Waals surface area (Å²) in [6, 6.07) is 18.5. The molecule has 1 N–H and O–H groups in total. The van der Waals surface area contributed by atoms with E-state index in [0.29, 0.717) is 24.1 Å². The number of nitrogens with zero attached hydrogens (tertiary/aromatic N) is 3. The molecule has 0 bridgehead atoms. The molecule has 0 saturated carbocycles. The zero-order valence-corrected chi connectivity index (χ0v) is 15.7. The summed E-state index contributed by atoms with van der Waals surface area (Å²) in [4.78, 5) is 1.43. The molecule has 6 nitrogen and oxygen atoms in total. The summed E-state index contributed by atoms with van der Waals surface area (Å²) in [6.07, 6.45) is 1.08. The summed E-state index contributed by atoms with van der Waals surface area (Å²) in [6.45, 7) is 4.63. The molecule has 1 unspecified atom stereocenters. The van der Waals surface area contributed by atoms with Crippen LogP contribution in [0.25, 0.3) is 22.7 Å². The minimum Gasteiger partial charge on any atom is -0.415 e. The van der Waals surface area contributed by atoms with Crippen molar-refractivity contribution in [2.24, 2.45) is 0 Å². The number of hydrogen-bond acceptors (Lipinski definition) is 5. The van der Waals surface area contributed by atoms with Crippen molar-refractivity contribution in [1.82, 2.24) is 15.4 Å². The van der Waals surface area contributed by atoms with Crippen molar-refractivity contribution in [3.8, 4) is 22.7 Å². The van der Waals surface area contributed by atoms with Gasteiger partial charge in [-0.05, 0) is 12.5 Å². The lowest BCUT2D eigenvalue weighted by molar-refractivity contribution is -0.930. The van der Waals surface area contributed by atoms with E-state index in [9.17, 15) is 0 Å². The monoisotopic (exact) mass is 373 g/mol. The molecule has 1 aliphatic rings. The number of benzene rings is 2. The van der Waals surface area contributed by atoms with Gasteiger partial charge in [-0.1, -0.05) is 59.8 Å². The fourth-order valence-electron chi connectivity index (χ4n) is 3.85. The zero-order valence-electron chi connectivity index (χ0n) is 15.7. The molecule has 4 aromatic rings. The molecule has 5 rings (SSSR count). The number of fused-ring (bicyclic) bond motifs is 1. The van der Waals surface area contributed by atoms with Gasteiger partial charge in [-0.3, -0.25) is 0 Å². The maximum absolute atomic E-state index is 6.02. The SMILES string of the molecule is Cc1onc(-c2ccccc2)c1-c1nnc(C[NH+]2CCc3ccccc3C2)o1. The minimum atomic E-state index is 0.462. The minimum absolute atomic E-state index is 0.462. The zero-order chi connectivity index (χ0) is 18.9. The summed E-state index contributed by atoms with van der Waals surface area (Å²) in [5.74, 6) is 1.78. The predicted molar refractivity (Wildman–Crippen MR) is 103 cm³/mol. The molecule has 3 heterocycles. The molecule has 0 radical (unpaired) electrons. The normalized spacial score (nSPS) is 16.1. The van der Waals surface area contributed by atoms with Crippen LogP contribution >= 0.6 is 0 Å². The van der Waals surface area contributed by atoms with Crippen LogP contribution in [0.3, 0.4) is 0 Å². The maximum Gasteiger partial charge on any atom is 0.271 e. The molecule has 0 aliphatic carbocycles. The van der Waals surface area contributed by atoms with E-state index < -0.39 is 0 Å². The second-order valence-corrected chi connectivity index (χ2v) is 7.20. The third-order valence-electron chi connectivity index (χ3n) is 5.30. The fourth-order valence-corrected chi connectivity index (χ4v) is 3.85. The quantitative estimate of drug-likeness (QED) is 0.596. The molecule has 2 aromatic heterocycles. The van der Waals surface area contributed by atoms with Crippen LogP contribution in [-0.4, -0.2) is 21.9 Å². The molecule has 0 amide bonds. The van der Waals surface area contributed by atoms with E-state index in [0.717, 1.165) is 36.3 Å². The molecule has 140 valence electrons. The van der Waals surface area contributed by atoms with Crippen molar-refractivity contribution >= 4 is 0 Å². The predicted octanol–water partition coefficient (Wildman–Crippen LogP) is 2.84. The average Bonchev–Trinajstić information content (AvgIpc) is 3.34. The Labute approximate surface area is 162 Å². The summed E-state index contributed by atoms with van der Waals surface area (Å²) in [5.41, 5.74) is 5.32. The van der Waals surface area contributed by atoms with Gasteiger partial charge in [0.25, 0.3) is 11.8 Å². The molecule has 6 heteroatoms. The van der Waals surface area contributed by atoms with E-state index in [1.165, 1.54) is 16.0 Å². The Morgan fingerprint density at radius 2 is 1.75 bits per heavy atom. The van der Waals surface area contributed by atoms with Crippen LogP contribution in [0.1, 0.15) is 22.8 Å². The van der Waals surface area contributed by atoms with Crippen LogP contribution in [0.5, 0.6) is 0 Å². The van der Waals surface area contributed by atoms with Crippen LogP contribution in [-0.2, 0) is 19.5 Å². The van der Waals surface area contributed by atoms with Crippen molar-refractivity contribution in [2.75, 3.05) is 6.54 Å². The average molecular weight is 373 g/mol. The highest BCUT2D eigenvalue weighted by molar-refractivity contribution is 5.77. The van der Waals surface area contributed by atoms with Crippen molar-refractivity contribution in [3.63, 3.8) is 0 Å². The molecular formula is C22H21N4O2+. The van der Waals surface area contributed by atoms with E-state index >= 15 is 0 Å². The van der Waals surface area contributed by atoms with Gasteiger partial charge >= 0.3 is 0 Å². The Morgan fingerprint density at radius 3 is 2.61 bits per heavy atom. The van der Waals surface area contributed by atoms with Gasteiger partial charge in [-0.25, -0.2) is 0 Å². The second-order valence-electron chi connectivity index (χ2n) is 7.20. The van der Waals surface area contributed by atoms with Crippen molar-refractivity contribution in [3.05, 3.63) is 77.4 Å². The van der Waals surface area contributed by atoms with Gasteiger partial charge in [0, 0.05) is 17.5 Å². The van der Waals surface area contributed by atoms with E-state index in [2.05, 4.69) is 39.6 Å². The van der Waals surface area contributed by atoms with Gasteiger partial charge < -0.3 is 13.8 Å². The first kappa shape index (κ1) is 16.9. The van der Waals surface area contributed by atoms with Gasteiger partial charge in [0.2, 0.25) is 0 Å². The topological polar surface area (TPSA) is 69.4 Å². The third kappa shape index (κ3) is 3.12. The van der Waals surface area contributed by atoms with Crippen LogP contribution < -0.4 is 4.90 Å². The van der Waals surface area contributed by atoms with Crippen molar-refractivity contribution in [2.45, 2.75) is 26.4 Å². The van der Waals surface area contributed by atoms with Gasteiger partial charge in [0.15, 0.2) is 6.54 Å². The van der Waals surface area contributed by atoms with Gasteiger partial charge in [0.05, 0.1) is 6.54 Å². The standard InChI is InChI=1S/C22H20N4O2/c1-15-20(21(25-28-15)17-8-3-2-4-9-17)22-24-23-19(27-22)14-26-12-11-16-7-5-6-10-18(16)13-26/h2-10H,11-14H2,1H3/p+1. The molecule has 2 aromatic carbocycles. The van der Waals surface area contributed by atoms with Crippen LogP contribution in [0.15, 0.2) is 63.5 Å². The highest BCUT2D eigenvalue weighted by atomic mass is 16.5. The summed E-state index contributed by atoms with van der Waals surface area (Å²) >= 11 is 0. The Bertz CT molecular complexity index is 1100. The second kappa shape index (κ2) is 7.05. The molecule has 28 heavy (non-hydrogen) atoms. The lowest BCUT2D eigenvalue weighted by Gasteiger charge is -2.24. The molecule has 1 aliphatic heterocycles. The van der Waals surface area contributed by atoms with E-state index in [1.807, 2.05) is 37.3 Å². The van der Waals surface area contributed by atoms with Crippen molar-refractivity contribution in [1.29, 1.82) is 0 Å². The van der Waals surface area contributed by atoms with Gasteiger partial charge in [0.1, 0.15) is 23.6 Å². The molecule has 1 atom stereocenters. The first-order valence-electron chi connectivity index (χ1n) is 9.53. The lowest BCUT2D eigenvalue weighted by Crippen LogP contribution is -3.10. The highest BCUT2D eigenvalue weighted by Gasteiger charge is 2.25. The Balaban J connectivity index is 1.39. The third-order valence-corrected chi connectivity index (χ3v) is 5.30. The molecule has 0 fully saturated rings. The largest absolute Gasteiger partial charge is 0.415 e. The molecule has 0 saturated heterocycles. The van der Waals surface area contributed by atoms with Crippen molar-refractivity contribution < 1.29 is 13.8 Å². The first-order chi connectivity index (χ1) is 13.8. The van der Waals surface area contributed by atoms with Crippen LogP contribution in [0, 0.1) is 6.92 Å². The van der Waals surface area contributed by atoms with Crippen LogP contribution in [0.4, 0.5) is 0 Å². The summed E-state index contributed by atoms with van der Waals surface area (Å²) in [5, 5.41) is 12.8. The van der Waals surface area contributed by atoms with E-state index in [1.54, 1.807) is 0 Å². The number of aromatic nitrogens is 3. The van der Waals surface area contributed by atoms with E-state index in [-0.39, 0.29) is 0 Å². The van der Waals surface area contributed by atoms with Gasteiger partial charge in [-0.15, -0.1) is 10.2 Å². The summed E-state index contributed by atoms with van der Waals surface area (Å²) < 4.78 is 11.4. The van der Waals surface area contributed by atoms with Gasteiger partial charge in [-0.2, -0.15) is 0 Å². The fraction of sp³-hybridized carbons (Fsp3) is 0.227. The van der Waals surface area contributed by atoms with E-state index in [4.69, 9.17) is 8.94 Å². The maximum atomic E-state index is 6.02. The number of aryl methyl sites for hydroxylation is 1. The highest BCUT2D eigenvalue weighted by Crippen LogP contribution is 2.33. The van der Waals surface area contributed by atoms with Crippen LogP contribution in [0.2, 0.25) is 0 Å². The Morgan fingerprint density at radius 1 is 0.964 bits per heavy atom. The lowest BCUT2D eigenvalue weighted by atomic mass is 10.00. The first-order valence-corrected chi connectivity index (χ1v) is 9.53. The number of nitrogens with one attached hydrogen (secondary N) is 1.